The molecular formula is C19H23NS. The molecule has 0 saturated carbocycles. The van der Waals surface area contributed by atoms with Crippen molar-refractivity contribution in [3.8, 4) is 0 Å². The first-order chi connectivity index (χ1) is 10.3. The lowest BCUT2D eigenvalue weighted by molar-refractivity contribution is 0.705. The number of rotatable bonds is 8. The molecule has 1 atom stereocenters. The molecule has 0 aliphatic carbocycles. The predicted octanol–water partition coefficient (Wildman–Crippen LogP) is 5.57. The van der Waals surface area contributed by atoms with Crippen molar-refractivity contribution in [3.63, 3.8) is 0 Å². The molecule has 0 aliphatic heterocycles. The third-order valence-electron chi connectivity index (χ3n) is 3.51. The van der Waals surface area contributed by atoms with Gasteiger partial charge in [0.05, 0.1) is 0 Å². The average Bonchev–Trinajstić information content (AvgIpc) is 2.54. The van der Waals surface area contributed by atoms with Gasteiger partial charge in [0.25, 0.3) is 0 Å². The van der Waals surface area contributed by atoms with Gasteiger partial charge in [0.1, 0.15) is 0 Å². The Kier molecular flexibility index (Phi) is 6.42. The smallest absolute Gasteiger partial charge is 0.0478 e. The SMILES string of the molecule is C=CCSc1ccccc1NCCC(C)c1ccccc1. The third kappa shape index (κ3) is 4.98. The van der Waals surface area contributed by atoms with Crippen molar-refractivity contribution in [2.45, 2.75) is 24.2 Å². The van der Waals surface area contributed by atoms with Gasteiger partial charge in [0.15, 0.2) is 0 Å². The van der Waals surface area contributed by atoms with Gasteiger partial charge in [0, 0.05) is 22.9 Å². The molecule has 0 spiro atoms. The second kappa shape index (κ2) is 8.58. The van der Waals surface area contributed by atoms with Gasteiger partial charge in [-0.3, -0.25) is 0 Å². The molecule has 1 N–H and O–H groups in total. The van der Waals surface area contributed by atoms with E-state index in [0.29, 0.717) is 5.92 Å². The second-order valence-corrected chi connectivity index (χ2v) is 6.18. The van der Waals surface area contributed by atoms with Crippen LogP contribution in [0.2, 0.25) is 0 Å². The van der Waals surface area contributed by atoms with E-state index in [0.717, 1.165) is 18.7 Å². The lowest BCUT2D eigenvalue weighted by atomic mass is 9.98. The number of para-hydroxylation sites is 1. The van der Waals surface area contributed by atoms with Crippen LogP contribution in [0.1, 0.15) is 24.8 Å². The average molecular weight is 297 g/mol. The molecule has 2 aromatic rings. The van der Waals surface area contributed by atoms with Crippen molar-refractivity contribution in [1.82, 2.24) is 0 Å². The molecule has 0 aromatic heterocycles. The van der Waals surface area contributed by atoms with Crippen molar-refractivity contribution in [3.05, 3.63) is 72.8 Å². The monoisotopic (exact) mass is 297 g/mol. The van der Waals surface area contributed by atoms with Crippen LogP contribution < -0.4 is 5.32 Å². The third-order valence-corrected chi connectivity index (χ3v) is 4.57. The summed E-state index contributed by atoms with van der Waals surface area (Å²) in [6.07, 6.45) is 3.07. The quantitative estimate of drug-likeness (QED) is 0.505. The van der Waals surface area contributed by atoms with Crippen LogP contribution in [0.3, 0.4) is 0 Å². The minimum atomic E-state index is 0.576. The topological polar surface area (TPSA) is 12.0 Å². The highest BCUT2D eigenvalue weighted by molar-refractivity contribution is 7.99. The molecule has 0 radical (unpaired) electrons. The van der Waals surface area contributed by atoms with E-state index in [-0.39, 0.29) is 0 Å². The highest BCUT2D eigenvalue weighted by Crippen LogP contribution is 2.27. The number of anilines is 1. The van der Waals surface area contributed by atoms with Crippen molar-refractivity contribution in [1.29, 1.82) is 0 Å². The van der Waals surface area contributed by atoms with Crippen molar-refractivity contribution < 1.29 is 0 Å². The van der Waals surface area contributed by atoms with E-state index in [1.165, 1.54) is 16.1 Å². The molecule has 0 aliphatic rings. The Balaban J connectivity index is 1.87. The van der Waals surface area contributed by atoms with Gasteiger partial charge in [0.2, 0.25) is 0 Å². The standard InChI is InChI=1S/C19H23NS/c1-3-15-21-19-12-8-7-11-18(19)20-14-13-16(2)17-9-5-4-6-10-17/h3-12,16,20H,1,13-15H2,2H3. The molecule has 21 heavy (non-hydrogen) atoms. The zero-order valence-electron chi connectivity index (χ0n) is 12.6. The summed E-state index contributed by atoms with van der Waals surface area (Å²) in [6, 6.07) is 19.2. The van der Waals surface area contributed by atoms with Crippen LogP contribution in [0.25, 0.3) is 0 Å². The number of hydrogen-bond acceptors (Lipinski definition) is 2. The molecule has 2 aromatic carbocycles. The van der Waals surface area contributed by atoms with Gasteiger partial charge in [-0.25, -0.2) is 0 Å². The van der Waals surface area contributed by atoms with E-state index in [1.54, 1.807) is 0 Å². The van der Waals surface area contributed by atoms with Gasteiger partial charge in [-0.2, -0.15) is 0 Å². The Morgan fingerprint density at radius 2 is 1.81 bits per heavy atom. The molecule has 1 unspecified atom stereocenters. The summed E-state index contributed by atoms with van der Waals surface area (Å²) in [5.74, 6) is 1.52. The molecular weight excluding hydrogens is 274 g/mol. The van der Waals surface area contributed by atoms with Gasteiger partial charge >= 0.3 is 0 Å². The lowest BCUT2D eigenvalue weighted by Gasteiger charge is -2.15. The summed E-state index contributed by atoms with van der Waals surface area (Å²) < 4.78 is 0. The number of hydrogen-bond donors (Lipinski definition) is 1. The first-order valence-electron chi connectivity index (χ1n) is 7.43. The molecule has 110 valence electrons. The maximum atomic E-state index is 3.78. The largest absolute Gasteiger partial charge is 0.384 e. The van der Waals surface area contributed by atoms with Crippen molar-refractivity contribution >= 4 is 17.4 Å². The molecule has 0 bridgehead atoms. The van der Waals surface area contributed by atoms with E-state index < -0.39 is 0 Å². The fraction of sp³-hybridized carbons (Fsp3) is 0.263. The lowest BCUT2D eigenvalue weighted by Crippen LogP contribution is -2.06. The Bertz CT molecular complexity index is 551. The Labute approximate surface area is 132 Å². The zero-order chi connectivity index (χ0) is 14.9. The molecule has 0 heterocycles. The van der Waals surface area contributed by atoms with Crippen LogP contribution in [0.15, 0.2) is 72.1 Å². The van der Waals surface area contributed by atoms with Gasteiger partial charge in [-0.15, -0.1) is 18.3 Å². The predicted molar refractivity (Wildman–Crippen MR) is 95.3 cm³/mol. The van der Waals surface area contributed by atoms with Crippen LogP contribution in [-0.2, 0) is 0 Å². The minimum absolute atomic E-state index is 0.576. The first-order valence-corrected chi connectivity index (χ1v) is 8.41. The van der Waals surface area contributed by atoms with Crippen LogP contribution in [-0.4, -0.2) is 12.3 Å². The Hall–Kier alpha value is -1.67. The fourth-order valence-electron chi connectivity index (χ4n) is 2.26. The maximum absolute atomic E-state index is 3.78. The second-order valence-electron chi connectivity index (χ2n) is 5.12. The van der Waals surface area contributed by atoms with Crippen LogP contribution in [0.5, 0.6) is 0 Å². The van der Waals surface area contributed by atoms with Crippen LogP contribution >= 0.6 is 11.8 Å². The molecule has 0 saturated heterocycles. The highest BCUT2D eigenvalue weighted by Gasteiger charge is 2.05. The number of nitrogens with one attached hydrogen (secondary N) is 1. The highest BCUT2D eigenvalue weighted by atomic mass is 32.2. The molecule has 0 fully saturated rings. The summed E-state index contributed by atoms with van der Waals surface area (Å²) in [7, 11) is 0. The fourth-order valence-corrected chi connectivity index (χ4v) is 3.03. The summed E-state index contributed by atoms with van der Waals surface area (Å²) in [6.45, 7) is 7.06. The molecule has 0 amide bonds. The molecule has 1 nitrogen and oxygen atoms in total. The summed E-state index contributed by atoms with van der Waals surface area (Å²) in [5.41, 5.74) is 2.64. The Morgan fingerprint density at radius 1 is 1.10 bits per heavy atom. The zero-order valence-corrected chi connectivity index (χ0v) is 13.4. The first kappa shape index (κ1) is 15.7. The van der Waals surface area contributed by atoms with E-state index in [1.807, 2.05) is 17.8 Å². The number of benzene rings is 2. The van der Waals surface area contributed by atoms with Gasteiger partial charge in [-0.05, 0) is 30.0 Å². The Morgan fingerprint density at radius 3 is 2.57 bits per heavy atom. The van der Waals surface area contributed by atoms with Crippen molar-refractivity contribution in [2.24, 2.45) is 0 Å². The van der Waals surface area contributed by atoms with Gasteiger partial charge < -0.3 is 5.32 Å². The number of thioether (sulfide) groups is 1. The van der Waals surface area contributed by atoms with E-state index in [4.69, 9.17) is 0 Å². The minimum Gasteiger partial charge on any atom is -0.384 e. The summed E-state index contributed by atoms with van der Waals surface area (Å²) in [4.78, 5) is 1.30. The van der Waals surface area contributed by atoms with Crippen molar-refractivity contribution in [2.75, 3.05) is 17.6 Å². The van der Waals surface area contributed by atoms with Crippen LogP contribution in [0.4, 0.5) is 5.69 Å². The summed E-state index contributed by atoms with van der Waals surface area (Å²) >= 11 is 1.82. The summed E-state index contributed by atoms with van der Waals surface area (Å²) in [5, 5.41) is 3.57. The van der Waals surface area contributed by atoms with E-state index in [2.05, 4.69) is 73.4 Å². The molecule has 2 rings (SSSR count). The van der Waals surface area contributed by atoms with Gasteiger partial charge in [-0.1, -0.05) is 55.5 Å². The van der Waals surface area contributed by atoms with E-state index >= 15 is 0 Å². The maximum Gasteiger partial charge on any atom is 0.0478 e. The normalized spacial score (nSPS) is 11.9. The molecule has 2 heteroatoms. The van der Waals surface area contributed by atoms with Crippen LogP contribution in [0, 0.1) is 0 Å². The van der Waals surface area contributed by atoms with E-state index in [9.17, 15) is 0 Å².